The molecule has 2 aromatic carbocycles. The van der Waals surface area contributed by atoms with Crippen LogP contribution in [-0.4, -0.2) is 23.8 Å². The first-order valence-electron chi connectivity index (χ1n) is 7.52. The maximum Gasteiger partial charge on any atom is 0.330 e. The quantitative estimate of drug-likeness (QED) is 0.679. The lowest BCUT2D eigenvalue weighted by Gasteiger charge is -2.29. The van der Waals surface area contributed by atoms with E-state index in [-0.39, 0.29) is 12.5 Å². The summed E-state index contributed by atoms with van der Waals surface area (Å²) in [4.78, 5) is 11.1. The van der Waals surface area contributed by atoms with Crippen LogP contribution in [0.25, 0.3) is 0 Å². The van der Waals surface area contributed by atoms with E-state index < -0.39 is 12.1 Å². The van der Waals surface area contributed by atoms with Gasteiger partial charge in [-0.15, -0.1) is 0 Å². The largest absolute Gasteiger partial charge is 0.460 e. The number of aliphatic hydroxyl groups excluding tert-OH is 1. The van der Waals surface area contributed by atoms with E-state index in [0.29, 0.717) is 6.42 Å². The van der Waals surface area contributed by atoms with Crippen LogP contribution in [0, 0.1) is 0 Å². The van der Waals surface area contributed by atoms with E-state index in [1.54, 1.807) is 0 Å². The van der Waals surface area contributed by atoms with Crippen LogP contribution in [0.15, 0.2) is 61.2 Å². The molecule has 1 atom stereocenters. The lowest BCUT2D eigenvalue weighted by atomic mass is 9.84. The smallest absolute Gasteiger partial charge is 0.330 e. The number of ether oxygens (including phenoxy) is 2. The summed E-state index contributed by atoms with van der Waals surface area (Å²) in [6.07, 6.45) is 0.774. The van der Waals surface area contributed by atoms with Crippen molar-refractivity contribution in [3.8, 4) is 11.5 Å². The lowest BCUT2D eigenvalue weighted by molar-refractivity contribution is -0.140. The third-order valence-corrected chi connectivity index (χ3v) is 3.90. The number of rotatable bonds is 5. The zero-order valence-electron chi connectivity index (χ0n) is 12.6. The molecule has 0 fully saturated rings. The molecule has 1 aliphatic heterocycles. The molecule has 3 rings (SSSR count). The number of hydrogen-bond acceptors (Lipinski definition) is 4. The number of aliphatic hydroxyl groups is 1. The molecule has 0 amide bonds. The molecule has 23 heavy (non-hydrogen) atoms. The molecule has 0 saturated carbocycles. The van der Waals surface area contributed by atoms with Crippen molar-refractivity contribution in [2.24, 2.45) is 0 Å². The highest BCUT2D eigenvalue weighted by molar-refractivity contribution is 5.81. The third-order valence-electron chi connectivity index (χ3n) is 3.90. The van der Waals surface area contributed by atoms with Gasteiger partial charge in [0.05, 0.1) is 6.10 Å². The third kappa shape index (κ3) is 3.27. The van der Waals surface area contributed by atoms with Crippen molar-refractivity contribution in [1.82, 2.24) is 0 Å². The zero-order chi connectivity index (χ0) is 16.2. The van der Waals surface area contributed by atoms with Gasteiger partial charge in [0.25, 0.3) is 0 Å². The minimum absolute atomic E-state index is 0.00594. The zero-order valence-corrected chi connectivity index (χ0v) is 12.6. The Labute approximate surface area is 135 Å². The molecular weight excluding hydrogens is 292 g/mol. The van der Waals surface area contributed by atoms with Crippen molar-refractivity contribution in [3.63, 3.8) is 0 Å². The Bertz CT molecular complexity index is 677. The van der Waals surface area contributed by atoms with E-state index in [0.717, 1.165) is 28.7 Å². The fraction of sp³-hybridized carbons (Fsp3) is 0.211. The van der Waals surface area contributed by atoms with E-state index in [1.165, 1.54) is 0 Å². The second-order valence-corrected chi connectivity index (χ2v) is 5.45. The molecule has 1 unspecified atom stereocenters. The van der Waals surface area contributed by atoms with Gasteiger partial charge < -0.3 is 14.6 Å². The van der Waals surface area contributed by atoms with Gasteiger partial charge in [-0.1, -0.05) is 43.0 Å². The molecule has 0 aromatic heterocycles. The van der Waals surface area contributed by atoms with Gasteiger partial charge in [-0.3, -0.25) is 0 Å². The van der Waals surface area contributed by atoms with E-state index >= 15 is 0 Å². The number of esters is 1. The SMILES string of the molecule is C=CC(=O)OCC(O)CC1c2ccccc2Oc2ccccc21. The minimum atomic E-state index is -0.761. The van der Waals surface area contributed by atoms with Crippen LogP contribution in [-0.2, 0) is 9.53 Å². The minimum Gasteiger partial charge on any atom is -0.460 e. The van der Waals surface area contributed by atoms with Crippen molar-refractivity contribution < 1.29 is 19.4 Å². The Morgan fingerprint density at radius 1 is 1.17 bits per heavy atom. The molecular formula is C19H18O4. The van der Waals surface area contributed by atoms with E-state index in [9.17, 15) is 9.90 Å². The summed E-state index contributed by atoms with van der Waals surface area (Å²) in [6.45, 7) is 3.29. The van der Waals surface area contributed by atoms with Crippen LogP contribution >= 0.6 is 0 Å². The summed E-state index contributed by atoms with van der Waals surface area (Å²) in [6, 6.07) is 15.6. The summed E-state index contributed by atoms with van der Waals surface area (Å²) >= 11 is 0. The van der Waals surface area contributed by atoms with Gasteiger partial charge in [0.15, 0.2) is 0 Å². The molecule has 4 heteroatoms. The summed E-state index contributed by atoms with van der Waals surface area (Å²) in [7, 11) is 0. The van der Waals surface area contributed by atoms with Crippen molar-refractivity contribution in [2.45, 2.75) is 18.4 Å². The second kappa shape index (κ2) is 6.67. The molecule has 1 heterocycles. The van der Waals surface area contributed by atoms with Crippen LogP contribution in [0.2, 0.25) is 0 Å². The van der Waals surface area contributed by atoms with Crippen LogP contribution < -0.4 is 4.74 Å². The highest BCUT2D eigenvalue weighted by Gasteiger charge is 2.28. The van der Waals surface area contributed by atoms with E-state index in [1.807, 2.05) is 48.5 Å². The monoisotopic (exact) mass is 310 g/mol. The van der Waals surface area contributed by atoms with Gasteiger partial charge in [0, 0.05) is 23.1 Å². The van der Waals surface area contributed by atoms with Crippen molar-refractivity contribution in [3.05, 3.63) is 72.3 Å². The Balaban J connectivity index is 1.83. The van der Waals surface area contributed by atoms with Gasteiger partial charge >= 0.3 is 5.97 Å². The molecule has 118 valence electrons. The maximum absolute atomic E-state index is 11.1. The summed E-state index contributed by atoms with van der Waals surface area (Å²) in [5.74, 6) is 1.06. The molecule has 0 radical (unpaired) electrons. The van der Waals surface area contributed by atoms with Gasteiger partial charge in [0.1, 0.15) is 18.1 Å². The molecule has 0 aliphatic carbocycles. The number of carbonyl (C=O) groups excluding carboxylic acids is 1. The van der Waals surface area contributed by atoms with Gasteiger partial charge in [-0.25, -0.2) is 4.79 Å². The first-order valence-corrected chi connectivity index (χ1v) is 7.52. The Morgan fingerprint density at radius 2 is 1.74 bits per heavy atom. The molecule has 1 aliphatic rings. The van der Waals surface area contributed by atoms with Gasteiger partial charge in [-0.2, -0.15) is 0 Å². The highest BCUT2D eigenvalue weighted by Crippen LogP contribution is 2.45. The van der Waals surface area contributed by atoms with Crippen LogP contribution in [0.5, 0.6) is 11.5 Å². The van der Waals surface area contributed by atoms with E-state index in [2.05, 4.69) is 6.58 Å². The summed E-state index contributed by atoms with van der Waals surface area (Å²) in [5.41, 5.74) is 2.06. The predicted octanol–water partition coefficient (Wildman–Crippen LogP) is 3.40. The number of fused-ring (bicyclic) bond motifs is 2. The number of para-hydroxylation sites is 2. The Kier molecular flexibility index (Phi) is 4.44. The average Bonchev–Trinajstić information content (AvgIpc) is 2.59. The van der Waals surface area contributed by atoms with Gasteiger partial charge in [-0.05, 0) is 18.6 Å². The normalized spacial score (nSPS) is 14.1. The second-order valence-electron chi connectivity index (χ2n) is 5.45. The fourth-order valence-electron chi connectivity index (χ4n) is 2.84. The van der Waals surface area contributed by atoms with Crippen molar-refractivity contribution in [1.29, 1.82) is 0 Å². The molecule has 2 aromatic rings. The van der Waals surface area contributed by atoms with Crippen molar-refractivity contribution in [2.75, 3.05) is 6.61 Å². The fourth-order valence-corrected chi connectivity index (χ4v) is 2.84. The molecule has 0 saturated heterocycles. The topological polar surface area (TPSA) is 55.8 Å². The number of hydrogen-bond donors (Lipinski definition) is 1. The standard InChI is InChI=1S/C19H18O4/c1-2-19(21)22-12-13(20)11-16-14-7-3-5-9-17(14)23-18-10-6-4-8-15(16)18/h2-10,13,16,20H,1,11-12H2. The first-order chi connectivity index (χ1) is 11.2. The number of benzene rings is 2. The summed E-state index contributed by atoms with van der Waals surface area (Å²) in [5, 5.41) is 10.2. The molecule has 4 nitrogen and oxygen atoms in total. The Morgan fingerprint density at radius 3 is 2.30 bits per heavy atom. The van der Waals surface area contributed by atoms with Crippen LogP contribution in [0.1, 0.15) is 23.5 Å². The van der Waals surface area contributed by atoms with Crippen molar-refractivity contribution >= 4 is 5.97 Å². The first kappa shape index (κ1) is 15.3. The molecule has 0 bridgehead atoms. The molecule has 1 N–H and O–H groups in total. The van der Waals surface area contributed by atoms with E-state index in [4.69, 9.17) is 9.47 Å². The predicted molar refractivity (Wildman–Crippen MR) is 86.6 cm³/mol. The van der Waals surface area contributed by atoms with Crippen LogP contribution in [0.3, 0.4) is 0 Å². The average molecular weight is 310 g/mol. The maximum atomic E-state index is 11.1. The Hall–Kier alpha value is -2.59. The van der Waals surface area contributed by atoms with Gasteiger partial charge in [0.2, 0.25) is 0 Å². The highest BCUT2D eigenvalue weighted by atomic mass is 16.5. The van der Waals surface area contributed by atoms with Crippen LogP contribution in [0.4, 0.5) is 0 Å². The summed E-state index contributed by atoms with van der Waals surface area (Å²) < 4.78 is 10.9. The molecule has 0 spiro atoms. The number of carbonyl (C=O) groups is 1. The lowest BCUT2D eigenvalue weighted by Crippen LogP contribution is -2.22.